The van der Waals surface area contributed by atoms with Gasteiger partial charge < -0.3 is 14.5 Å². The monoisotopic (exact) mass is 306 g/mol. The molecule has 0 radical (unpaired) electrons. The Morgan fingerprint density at radius 1 is 1.14 bits per heavy atom. The van der Waals surface area contributed by atoms with Crippen LogP contribution in [0.15, 0.2) is 47.1 Å². The lowest BCUT2D eigenvalue weighted by atomic mass is 10.3. The lowest BCUT2D eigenvalue weighted by molar-refractivity contribution is -0.123. The molecule has 0 bridgehead atoms. The molecule has 0 aliphatic carbocycles. The molecule has 2 N–H and O–H groups in total. The smallest absolute Gasteiger partial charge is 0.374 e. The van der Waals surface area contributed by atoms with Crippen LogP contribution < -0.4 is 10.6 Å². The summed E-state index contributed by atoms with van der Waals surface area (Å²) in [7, 11) is 0. The first kappa shape index (κ1) is 15.2. The topological polar surface area (TPSA) is 97.6 Å². The molecule has 0 saturated carbocycles. The number of hydrogen-bond acceptors (Lipinski definition) is 5. The first-order valence-electron chi connectivity index (χ1n) is 6.12. The van der Waals surface area contributed by atoms with Crippen LogP contribution >= 0.6 is 0 Å². The number of carbonyl (C=O) groups excluding carboxylic acids is 3. The van der Waals surface area contributed by atoms with Gasteiger partial charge in [-0.3, -0.25) is 10.1 Å². The second-order valence-corrected chi connectivity index (χ2v) is 4.04. The fraction of sp³-hybridized carbons (Fsp3) is 0.0714. The third-order valence-corrected chi connectivity index (χ3v) is 2.43. The fourth-order valence-electron chi connectivity index (χ4n) is 1.48. The van der Waals surface area contributed by atoms with Gasteiger partial charge in [-0.05, 0) is 24.3 Å². The van der Waals surface area contributed by atoms with Crippen LogP contribution in [0.2, 0.25) is 0 Å². The number of urea groups is 1. The molecule has 22 heavy (non-hydrogen) atoms. The molecule has 2 rings (SSSR count). The van der Waals surface area contributed by atoms with E-state index < -0.39 is 30.3 Å². The number of ether oxygens (including phenoxy) is 1. The number of amides is 3. The van der Waals surface area contributed by atoms with Crippen molar-refractivity contribution in [2.45, 2.75) is 0 Å². The highest BCUT2D eigenvalue weighted by Gasteiger charge is 2.14. The highest BCUT2D eigenvalue weighted by molar-refractivity contribution is 6.02. The van der Waals surface area contributed by atoms with Crippen LogP contribution in [0.25, 0.3) is 0 Å². The highest BCUT2D eigenvalue weighted by atomic mass is 19.1. The van der Waals surface area contributed by atoms with Crippen LogP contribution in [0.1, 0.15) is 10.6 Å². The molecule has 0 spiro atoms. The number of anilines is 1. The van der Waals surface area contributed by atoms with Gasteiger partial charge in [-0.1, -0.05) is 12.1 Å². The minimum atomic E-state index is -0.941. The summed E-state index contributed by atoms with van der Waals surface area (Å²) in [6.45, 7) is -0.676. The van der Waals surface area contributed by atoms with E-state index in [9.17, 15) is 18.8 Å². The predicted octanol–water partition coefficient (Wildman–Crippen LogP) is 1.92. The standard InChI is InChI=1S/C14H11FN2O5/c15-9-4-1-2-5-10(9)16-14(20)17-12(18)8-22-13(19)11-6-3-7-21-11/h1-7H,8H2,(H2,16,17,18,20). The maximum atomic E-state index is 13.3. The van der Waals surface area contributed by atoms with Crippen molar-refractivity contribution in [2.75, 3.05) is 11.9 Å². The average molecular weight is 306 g/mol. The van der Waals surface area contributed by atoms with Crippen molar-refractivity contribution in [3.8, 4) is 0 Å². The number of nitrogens with one attached hydrogen (secondary N) is 2. The van der Waals surface area contributed by atoms with E-state index in [1.807, 2.05) is 5.32 Å². The van der Waals surface area contributed by atoms with Crippen molar-refractivity contribution < 1.29 is 27.9 Å². The molecule has 114 valence electrons. The van der Waals surface area contributed by atoms with Crippen molar-refractivity contribution in [3.63, 3.8) is 0 Å². The quantitative estimate of drug-likeness (QED) is 0.841. The molecule has 0 atom stereocenters. The molecule has 2 aromatic rings. The number of hydrogen-bond donors (Lipinski definition) is 2. The minimum Gasteiger partial charge on any atom is -0.457 e. The number of carbonyl (C=O) groups is 3. The molecule has 7 nitrogen and oxygen atoms in total. The zero-order valence-corrected chi connectivity index (χ0v) is 11.2. The number of furan rings is 1. The van der Waals surface area contributed by atoms with Crippen LogP contribution in [0, 0.1) is 5.82 Å². The number of halogens is 1. The molecule has 0 saturated heterocycles. The van der Waals surface area contributed by atoms with Crippen molar-refractivity contribution in [2.24, 2.45) is 0 Å². The van der Waals surface area contributed by atoms with Crippen molar-refractivity contribution >= 4 is 23.6 Å². The van der Waals surface area contributed by atoms with E-state index in [0.717, 1.165) is 6.07 Å². The van der Waals surface area contributed by atoms with Gasteiger partial charge in [0, 0.05) is 0 Å². The number of imide groups is 1. The van der Waals surface area contributed by atoms with Gasteiger partial charge in [-0.2, -0.15) is 0 Å². The molecule has 1 aromatic heterocycles. The zero-order valence-electron chi connectivity index (χ0n) is 11.2. The Hall–Kier alpha value is -3.16. The van der Waals surface area contributed by atoms with Gasteiger partial charge >= 0.3 is 12.0 Å². The van der Waals surface area contributed by atoms with Gasteiger partial charge in [0.2, 0.25) is 5.76 Å². The van der Waals surface area contributed by atoms with Gasteiger partial charge in [0.05, 0.1) is 12.0 Å². The first-order valence-corrected chi connectivity index (χ1v) is 6.12. The van der Waals surface area contributed by atoms with E-state index in [0.29, 0.717) is 0 Å². The minimum absolute atomic E-state index is 0.0661. The molecular weight excluding hydrogens is 295 g/mol. The van der Waals surface area contributed by atoms with Crippen LogP contribution in [0.3, 0.4) is 0 Å². The number of benzene rings is 1. The Bertz CT molecular complexity index is 684. The number of esters is 1. The van der Waals surface area contributed by atoms with Crippen LogP contribution in [0.4, 0.5) is 14.9 Å². The normalized spacial score (nSPS) is 9.86. The van der Waals surface area contributed by atoms with Crippen molar-refractivity contribution in [3.05, 3.63) is 54.2 Å². The summed E-state index contributed by atoms with van der Waals surface area (Å²) in [5.41, 5.74) is -0.0830. The second kappa shape index (κ2) is 7.02. The summed E-state index contributed by atoms with van der Waals surface area (Å²) in [6.07, 6.45) is 1.28. The molecule has 0 unspecified atom stereocenters. The first-order chi connectivity index (χ1) is 10.6. The molecule has 0 fully saturated rings. The molecular formula is C14H11FN2O5. The molecule has 1 heterocycles. The number of rotatable bonds is 4. The highest BCUT2D eigenvalue weighted by Crippen LogP contribution is 2.11. The molecule has 0 aliphatic rings. The SMILES string of the molecule is O=C(COC(=O)c1ccco1)NC(=O)Nc1ccccc1F. The summed E-state index contributed by atoms with van der Waals surface area (Å²) in [5, 5.41) is 4.04. The van der Waals surface area contributed by atoms with E-state index in [1.54, 1.807) is 0 Å². The van der Waals surface area contributed by atoms with Crippen LogP contribution in [0.5, 0.6) is 0 Å². The van der Waals surface area contributed by atoms with Crippen molar-refractivity contribution in [1.29, 1.82) is 0 Å². The maximum Gasteiger partial charge on any atom is 0.374 e. The molecule has 0 aliphatic heterocycles. The molecule has 8 heteroatoms. The van der Waals surface area contributed by atoms with Crippen LogP contribution in [-0.4, -0.2) is 24.5 Å². The lowest BCUT2D eigenvalue weighted by Crippen LogP contribution is -2.37. The largest absolute Gasteiger partial charge is 0.457 e. The zero-order chi connectivity index (χ0) is 15.9. The Morgan fingerprint density at radius 2 is 1.91 bits per heavy atom. The summed E-state index contributed by atoms with van der Waals surface area (Å²) >= 11 is 0. The summed E-state index contributed by atoms with van der Waals surface area (Å²) in [5.74, 6) is -2.42. The van der Waals surface area contributed by atoms with Gasteiger partial charge in [0.1, 0.15) is 5.82 Å². The maximum absolute atomic E-state index is 13.3. The van der Waals surface area contributed by atoms with Gasteiger partial charge in [0.25, 0.3) is 5.91 Å². The lowest BCUT2D eigenvalue weighted by Gasteiger charge is -2.07. The summed E-state index contributed by atoms with van der Waals surface area (Å²) < 4.78 is 22.7. The summed E-state index contributed by atoms with van der Waals surface area (Å²) in [4.78, 5) is 34.3. The molecule has 3 amide bonds. The molecule has 1 aromatic carbocycles. The van der Waals surface area contributed by atoms with E-state index in [2.05, 4.69) is 10.1 Å². The van der Waals surface area contributed by atoms with Crippen LogP contribution in [-0.2, 0) is 9.53 Å². The fourth-order valence-corrected chi connectivity index (χ4v) is 1.48. The van der Waals surface area contributed by atoms with Gasteiger partial charge in [-0.15, -0.1) is 0 Å². The van der Waals surface area contributed by atoms with Gasteiger partial charge in [-0.25, -0.2) is 14.0 Å². The van der Waals surface area contributed by atoms with E-state index in [4.69, 9.17) is 4.42 Å². The van der Waals surface area contributed by atoms with E-state index in [-0.39, 0.29) is 11.4 Å². The Labute approximate surface area is 124 Å². The van der Waals surface area contributed by atoms with E-state index in [1.165, 1.54) is 36.6 Å². The Balaban J connectivity index is 1.78. The van der Waals surface area contributed by atoms with Gasteiger partial charge in [0.15, 0.2) is 6.61 Å². The Morgan fingerprint density at radius 3 is 2.59 bits per heavy atom. The Kier molecular flexibility index (Phi) is 4.86. The number of para-hydroxylation sites is 1. The second-order valence-electron chi connectivity index (χ2n) is 4.04. The average Bonchev–Trinajstić information content (AvgIpc) is 3.01. The van der Waals surface area contributed by atoms with E-state index >= 15 is 0 Å². The third kappa shape index (κ3) is 4.17. The van der Waals surface area contributed by atoms with Crippen molar-refractivity contribution in [1.82, 2.24) is 5.32 Å². The summed E-state index contributed by atoms with van der Waals surface area (Å²) in [6, 6.07) is 7.37. The third-order valence-electron chi connectivity index (χ3n) is 2.43. The predicted molar refractivity (Wildman–Crippen MR) is 72.6 cm³/mol.